The van der Waals surface area contributed by atoms with Gasteiger partial charge in [-0.15, -0.1) is 0 Å². The van der Waals surface area contributed by atoms with Crippen LogP contribution >= 0.6 is 11.3 Å². The van der Waals surface area contributed by atoms with E-state index in [1.165, 1.54) is 0 Å². The van der Waals surface area contributed by atoms with Gasteiger partial charge in [-0.2, -0.15) is 11.3 Å². The van der Waals surface area contributed by atoms with Crippen LogP contribution in [0.2, 0.25) is 0 Å². The number of nitrogens with zero attached hydrogens (tertiary/aromatic N) is 1. The third-order valence-electron chi connectivity index (χ3n) is 3.20. The van der Waals surface area contributed by atoms with Gasteiger partial charge in [-0.05, 0) is 36.6 Å². The normalized spacial score (nSPS) is 20.4. The van der Waals surface area contributed by atoms with Gasteiger partial charge in [0, 0.05) is 25.1 Å². The van der Waals surface area contributed by atoms with E-state index in [0.717, 1.165) is 37.1 Å². The first-order chi connectivity index (χ1) is 7.72. The van der Waals surface area contributed by atoms with E-state index in [4.69, 9.17) is 5.11 Å². The molecule has 1 amide bonds. The summed E-state index contributed by atoms with van der Waals surface area (Å²) < 4.78 is 0. The molecule has 0 saturated carbocycles. The summed E-state index contributed by atoms with van der Waals surface area (Å²) in [6.07, 6.45) is 1.84. The van der Waals surface area contributed by atoms with Gasteiger partial charge in [0.2, 0.25) is 0 Å². The predicted molar refractivity (Wildman–Crippen MR) is 64.8 cm³/mol. The zero-order valence-corrected chi connectivity index (χ0v) is 10.3. The van der Waals surface area contributed by atoms with Gasteiger partial charge in [0.25, 0.3) is 5.91 Å². The summed E-state index contributed by atoms with van der Waals surface area (Å²) in [4.78, 5) is 14.1. The maximum atomic E-state index is 12.1. The highest BCUT2D eigenvalue weighted by atomic mass is 32.1. The average Bonchev–Trinajstić information content (AvgIpc) is 2.87. The fourth-order valence-corrected chi connectivity index (χ4v) is 3.01. The smallest absolute Gasteiger partial charge is 0.254 e. The van der Waals surface area contributed by atoms with Gasteiger partial charge in [-0.25, -0.2) is 0 Å². The van der Waals surface area contributed by atoms with Gasteiger partial charge in [0.05, 0.1) is 5.56 Å². The Morgan fingerprint density at radius 3 is 3.06 bits per heavy atom. The Balaban J connectivity index is 2.00. The number of carbonyl (C=O) groups is 1. The van der Waals surface area contributed by atoms with Gasteiger partial charge in [0.15, 0.2) is 0 Å². The molecule has 2 heterocycles. The van der Waals surface area contributed by atoms with Crippen LogP contribution in [0, 0.1) is 12.8 Å². The molecule has 16 heavy (non-hydrogen) atoms. The fraction of sp³-hybridized carbons (Fsp3) is 0.583. The second kappa shape index (κ2) is 4.97. The maximum Gasteiger partial charge on any atom is 0.254 e. The van der Waals surface area contributed by atoms with Crippen molar-refractivity contribution in [2.24, 2.45) is 5.92 Å². The number of aliphatic hydroxyl groups is 1. The monoisotopic (exact) mass is 239 g/mol. The number of hydrogen-bond donors (Lipinski definition) is 1. The maximum absolute atomic E-state index is 12.1. The van der Waals surface area contributed by atoms with Crippen LogP contribution in [0.5, 0.6) is 0 Å². The Morgan fingerprint density at radius 2 is 2.44 bits per heavy atom. The number of aryl methyl sites for hydroxylation is 1. The first-order valence-corrected chi connectivity index (χ1v) is 6.59. The van der Waals surface area contributed by atoms with Gasteiger partial charge < -0.3 is 10.0 Å². The Bertz CT molecular complexity index is 375. The molecule has 1 aromatic rings. The molecule has 1 saturated heterocycles. The van der Waals surface area contributed by atoms with Crippen molar-refractivity contribution in [3.05, 3.63) is 21.9 Å². The lowest BCUT2D eigenvalue weighted by Crippen LogP contribution is -2.28. The topological polar surface area (TPSA) is 40.5 Å². The SMILES string of the molecule is Cc1cscc1C(=O)N1CCC(CCO)C1. The van der Waals surface area contributed by atoms with E-state index in [9.17, 15) is 4.79 Å². The molecule has 1 unspecified atom stereocenters. The predicted octanol–water partition coefficient (Wildman–Crippen LogP) is 1.90. The molecule has 4 heteroatoms. The van der Waals surface area contributed by atoms with Crippen LogP contribution in [0.15, 0.2) is 10.8 Å². The van der Waals surface area contributed by atoms with Crippen molar-refractivity contribution in [2.75, 3.05) is 19.7 Å². The molecule has 2 rings (SSSR count). The minimum absolute atomic E-state index is 0.152. The molecule has 0 spiro atoms. The molecule has 3 nitrogen and oxygen atoms in total. The lowest BCUT2D eigenvalue weighted by Gasteiger charge is -2.16. The van der Waals surface area contributed by atoms with Crippen molar-refractivity contribution in [1.29, 1.82) is 0 Å². The summed E-state index contributed by atoms with van der Waals surface area (Å²) in [7, 11) is 0. The number of hydrogen-bond acceptors (Lipinski definition) is 3. The van der Waals surface area contributed by atoms with E-state index >= 15 is 0 Å². The summed E-state index contributed by atoms with van der Waals surface area (Å²) in [6, 6.07) is 0. The standard InChI is InChI=1S/C12H17NO2S/c1-9-7-16-8-11(9)12(15)13-4-2-10(6-13)3-5-14/h7-8,10,14H,2-6H2,1H3. The molecular formula is C12H17NO2S. The number of rotatable bonds is 3. The minimum Gasteiger partial charge on any atom is -0.396 e. The third kappa shape index (κ3) is 2.28. The summed E-state index contributed by atoms with van der Waals surface area (Å²) in [6.45, 7) is 3.84. The van der Waals surface area contributed by atoms with Crippen molar-refractivity contribution in [3.8, 4) is 0 Å². The van der Waals surface area contributed by atoms with Crippen LogP contribution in [-0.4, -0.2) is 35.6 Å². The molecule has 0 aromatic carbocycles. The quantitative estimate of drug-likeness (QED) is 0.875. The molecule has 0 aliphatic carbocycles. The van der Waals surface area contributed by atoms with Crippen molar-refractivity contribution in [3.63, 3.8) is 0 Å². The van der Waals surface area contributed by atoms with Crippen molar-refractivity contribution >= 4 is 17.2 Å². The van der Waals surface area contributed by atoms with Crippen LogP contribution in [0.4, 0.5) is 0 Å². The Kier molecular flexibility index (Phi) is 3.61. The molecule has 1 atom stereocenters. The number of aliphatic hydroxyl groups excluding tert-OH is 1. The number of likely N-dealkylation sites (tertiary alicyclic amines) is 1. The van der Waals surface area contributed by atoms with Crippen molar-refractivity contribution < 1.29 is 9.90 Å². The summed E-state index contributed by atoms with van der Waals surface area (Å²) in [5.74, 6) is 0.632. The summed E-state index contributed by atoms with van der Waals surface area (Å²) >= 11 is 1.58. The van der Waals surface area contributed by atoms with Crippen LogP contribution in [0.25, 0.3) is 0 Å². The lowest BCUT2D eigenvalue weighted by atomic mass is 10.1. The van der Waals surface area contributed by atoms with Crippen LogP contribution in [0.1, 0.15) is 28.8 Å². The first-order valence-electron chi connectivity index (χ1n) is 5.65. The van der Waals surface area contributed by atoms with E-state index in [-0.39, 0.29) is 12.5 Å². The van der Waals surface area contributed by atoms with Crippen molar-refractivity contribution in [1.82, 2.24) is 4.90 Å². The molecule has 1 aromatic heterocycles. The molecule has 88 valence electrons. The van der Waals surface area contributed by atoms with Gasteiger partial charge in [-0.1, -0.05) is 0 Å². The van der Waals surface area contributed by atoms with Gasteiger partial charge in [-0.3, -0.25) is 4.79 Å². The van der Waals surface area contributed by atoms with E-state index < -0.39 is 0 Å². The summed E-state index contributed by atoms with van der Waals surface area (Å²) in [5.41, 5.74) is 1.91. The zero-order chi connectivity index (χ0) is 11.5. The fourth-order valence-electron chi connectivity index (χ4n) is 2.19. The highest BCUT2D eigenvalue weighted by molar-refractivity contribution is 7.08. The highest BCUT2D eigenvalue weighted by Crippen LogP contribution is 2.23. The minimum atomic E-state index is 0.152. The molecule has 0 radical (unpaired) electrons. The molecule has 1 aliphatic heterocycles. The number of carbonyl (C=O) groups excluding carboxylic acids is 1. The van der Waals surface area contributed by atoms with E-state index in [1.807, 2.05) is 22.6 Å². The molecule has 0 bridgehead atoms. The first kappa shape index (κ1) is 11.6. The molecule has 1 N–H and O–H groups in total. The van der Waals surface area contributed by atoms with Crippen molar-refractivity contribution in [2.45, 2.75) is 19.8 Å². The van der Waals surface area contributed by atoms with E-state index in [2.05, 4.69) is 0 Å². The Morgan fingerprint density at radius 1 is 1.62 bits per heavy atom. The van der Waals surface area contributed by atoms with E-state index in [1.54, 1.807) is 11.3 Å². The zero-order valence-electron chi connectivity index (χ0n) is 9.48. The van der Waals surface area contributed by atoms with Crippen LogP contribution in [0.3, 0.4) is 0 Å². The van der Waals surface area contributed by atoms with Gasteiger partial charge >= 0.3 is 0 Å². The van der Waals surface area contributed by atoms with Crippen LogP contribution < -0.4 is 0 Å². The number of amides is 1. The van der Waals surface area contributed by atoms with E-state index in [0.29, 0.717) is 5.92 Å². The highest BCUT2D eigenvalue weighted by Gasteiger charge is 2.27. The summed E-state index contributed by atoms with van der Waals surface area (Å²) in [5, 5.41) is 12.8. The molecular weight excluding hydrogens is 222 g/mol. The average molecular weight is 239 g/mol. The van der Waals surface area contributed by atoms with Gasteiger partial charge in [0.1, 0.15) is 0 Å². The molecule has 1 fully saturated rings. The van der Waals surface area contributed by atoms with Crippen LogP contribution in [-0.2, 0) is 0 Å². The largest absolute Gasteiger partial charge is 0.396 e. The second-order valence-electron chi connectivity index (χ2n) is 4.39. The lowest BCUT2D eigenvalue weighted by molar-refractivity contribution is 0.0784. The Labute approximate surface area is 99.7 Å². The third-order valence-corrected chi connectivity index (χ3v) is 4.06. The second-order valence-corrected chi connectivity index (χ2v) is 5.13. The Hall–Kier alpha value is -0.870. The molecule has 1 aliphatic rings. The number of thiophene rings is 1.